The Balaban J connectivity index is 1.90. The average molecular weight is 473 g/mol. The minimum Gasteiger partial charge on any atom is -0.497 e. The van der Waals surface area contributed by atoms with Crippen LogP contribution in [-0.4, -0.2) is 30.4 Å². The van der Waals surface area contributed by atoms with Crippen molar-refractivity contribution >= 4 is 11.8 Å². The molecule has 1 atom stereocenters. The van der Waals surface area contributed by atoms with Crippen LogP contribution in [0, 0.1) is 5.92 Å². The molecule has 0 unspecified atom stereocenters. The number of rotatable bonds is 12. The van der Waals surface area contributed by atoms with Gasteiger partial charge in [0.2, 0.25) is 11.8 Å². The molecular formula is C30H36N2O3. The van der Waals surface area contributed by atoms with Crippen molar-refractivity contribution in [3.05, 3.63) is 102 Å². The smallest absolute Gasteiger partial charge is 0.247 e. The van der Waals surface area contributed by atoms with Gasteiger partial charge in [-0.05, 0) is 47.6 Å². The third kappa shape index (κ3) is 7.99. The Hall–Kier alpha value is -3.60. The van der Waals surface area contributed by atoms with E-state index in [2.05, 4.69) is 19.2 Å². The first-order valence-corrected chi connectivity index (χ1v) is 12.3. The molecule has 0 aliphatic rings. The van der Waals surface area contributed by atoms with Gasteiger partial charge in [0.15, 0.2) is 0 Å². The molecule has 5 heteroatoms. The summed E-state index contributed by atoms with van der Waals surface area (Å²) in [5.74, 6) is 1.02. The first-order valence-electron chi connectivity index (χ1n) is 12.3. The van der Waals surface area contributed by atoms with Crippen molar-refractivity contribution in [2.24, 2.45) is 5.92 Å². The number of aryl methyl sites for hydroxylation is 1. The van der Waals surface area contributed by atoms with Crippen LogP contribution in [0.4, 0.5) is 0 Å². The van der Waals surface area contributed by atoms with Gasteiger partial charge < -0.3 is 15.0 Å². The van der Waals surface area contributed by atoms with Crippen molar-refractivity contribution in [3.63, 3.8) is 0 Å². The molecule has 0 radical (unpaired) electrons. The minimum atomic E-state index is -0.714. The van der Waals surface area contributed by atoms with Crippen molar-refractivity contribution < 1.29 is 14.3 Å². The third-order valence-corrected chi connectivity index (χ3v) is 6.00. The Morgan fingerprint density at radius 3 is 2.09 bits per heavy atom. The van der Waals surface area contributed by atoms with Crippen LogP contribution in [0.5, 0.6) is 5.75 Å². The van der Waals surface area contributed by atoms with E-state index in [-0.39, 0.29) is 11.8 Å². The summed E-state index contributed by atoms with van der Waals surface area (Å²) >= 11 is 0. The average Bonchev–Trinajstić information content (AvgIpc) is 2.88. The monoisotopic (exact) mass is 472 g/mol. The van der Waals surface area contributed by atoms with Gasteiger partial charge in [-0.1, -0.05) is 86.6 Å². The van der Waals surface area contributed by atoms with E-state index in [4.69, 9.17) is 4.74 Å². The van der Waals surface area contributed by atoms with Crippen LogP contribution in [0.25, 0.3) is 0 Å². The second-order valence-corrected chi connectivity index (χ2v) is 9.14. The van der Waals surface area contributed by atoms with Gasteiger partial charge in [0.1, 0.15) is 11.8 Å². The SMILES string of the molecule is COc1ccc(CN(C(=O)CCc2ccccc2)[C@@H](C(=O)NCCC(C)C)c2ccccc2)cc1. The first-order chi connectivity index (χ1) is 17.0. The number of ether oxygens (including phenoxy) is 1. The van der Waals surface area contributed by atoms with Crippen LogP contribution >= 0.6 is 0 Å². The summed E-state index contributed by atoms with van der Waals surface area (Å²) in [5, 5.41) is 3.07. The predicted molar refractivity (Wildman–Crippen MR) is 140 cm³/mol. The molecule has 3 aromatic carbocycles. The highest BCUT2D eigenvalue weighted by atomic mass is 16.5. The summed E-state index contributed by atoms with van der Waals surface area (Å²) in [6.45, 7) is 5.16. The fraction of sp³-hybridized carbons (Fsp3) is 0.333. The highest BCUT2D eigenvalue weighted by Crippen LogP contribution is 2.26. The molecule has 5 nitrogen and oxygen atoms in total. The zero-order valence-electron chi connectivity index (χ0n) is 20.9. The van der Waals surface area contributed by atoms with Gasteiger partial charge in [0.25, 0.3) is 0 Å². The number of carbonyl (C=O) groups is 2. The predicted octanol–water partition coefficient (Wildman–Crippen LogP) is 5.56. The first kappa shape index (κ1) is 26.0. The highest BCUT2D eigenvalue weighted by Gasteiger charge is 2.31. The lowest BCUT2D eigenvalue weighted by Gasteiger charge is -2.32. The minimum absolute atomic E-state index is 0.0578. The van der Waals surface area contributed by atoms with E-state index in [1.165, 1.54) is 0 Å². The highest BCUT2D eigenvalue weighted by molar-refractivity contribution is 5.88. The molecule has 0 spiro atoms. The van der Waals surface area contributed by atoms with E-state index in [9.17, 15) is 9.59 Å². The van der Waals surface area contributed by atoms with Crippen molar-refractivity contribution in [3.8, 4) is 5.75 Å². The van der Waals surface area contributed by atoms with Gasteiger partial charge in [-0.3, -0.25) is 9.59 Å². The molecule has 184 valence electrons. The molecule has 0 aromatic heterocycles. The Kier molecular flexibility index (Phi) is 9.91. The van der Waals surface area contributed by atoms with E-state index in [1.54, 1.807) is 12.0 Å². The molecular weight excluding hydrogens is 436 g/mol. The number of methoxy groups -OCH3 is 1. The van der Waals surface area contributed by atoms with Crippen molar-refractivity contribution in [2.75, 3.05) is 13.7 Å². The Bertz CT molecular complexity index is 1050. The number of hydrogen-bond donors (Lipinski definition) is 1. The van der Waals surface area contributed by atoms with Gasteiger partial charge >= 0.3 is 0 Å². The number of carbonyl (C=O) groups excluding carboxylic acids is 2. The van der Waals surface area contributed by atoms with Crippen LogP contribution in [0.15, 0.2) is 84.9 Å². The Labute approximate surface area is 209 Å². The second kappa shape index (κ2) is 13.3. The van der Waals surface area contributed by atoms with Crippen LogP contribution in [-0.2, 0) is 22.6 Å². The van der Waals surface area contributed by atoms with Gasteiger partial charge in [-0.2, -0.15) is 0 Å². The van der Waals surface area contributed by atoms with Crippen LogP contribution in [0.2, 0.25) is 0 Å². The van der Waals surface area contributed by atoms with E-state index >= 15 is 0 Å². The number of benzene rings is 3. The van der Waals surface area contributed by atoms with E-state index in [0.29, 0.717) is 31.8 Å². The third-order valence-electron chi connectivity index (χ3n) is 6.00. The molecule has 0 aliphatic carbocycles. The van der Waals surface area contributed by atoms with Crippen molar-refractivity contribution in [2.45, 2.75) is 45.7 Å². The molecule has 0 fully saturated rings. The summed E-state index contributed by atoms with van der Waals surface area (Å²) in [5.41, 5.74) is 2.84. The number of hydrogen-bond acceptors (Lipinski definition) is 3. The lowest BCUT2D eigenvalue weighted by molar-refractivity contribution is -0.141. The molecule has 3 aromatic rings. The lowest BCUT2D eigenvalue weighted by atomic mass is 10.0. The van der Waals surface area contributed by atoms with Crippen molar-refractivity contribution in [1.29, 1.82) is 0 Å². The summed E-state index contributed by atoms with van der Waals surface area (Å²) in [7, 11) is 1.63. The standard InChI is InChI=1S/C30H36N2O3/c1-23(2)20-21-31-30(34)29(26-12-8-5-9-13-26)32(22-25-14-17-27(35-3)18-15-25)28(33)19-16-24-10-6-4-7-11-24/h4-15,17-18,23,29H,16,19-22H2,1-3H3,(H,31,34)/t29-/m1/s1. The number of amides is 2. The zero-order valence-corrected chi connectivity index (χ0v) is 20.9. The molecule has 0 saturated heterocycles. The van der Waals surface area contributed by atoms with E-state index < -0.39 is 6.04 Å². The fourth-order valence-corrected chi connectivity index (χ4v) is 3.98. The molecule has 35 heavy (non-hydrogen) atoms. The molecule has 0 saturated carbocycles. The van der Waals surface area contributed by atoms with Crippen LogP contribution < -0.4 is 10.1 Å². The fourth-order valence-electron chi connectivity index (χ4n) is 3.98. The van der Waals surface area contributed by atoms with Crippen LogP contribution in [0.1, 0.15) is 49.4 Å². The second-order valence-electron chi connectivity index (χ2n) is 9.14. The zero-order chi connectivity index (χ0) is 25.0. The van der Waals surface area contributed by atoms with E-state index in [1.807, 2.05) is 84.9 Å². The molecule has 1 N–H and O–H groups in total. The molecule has 3 rings (SSSR count). The maximum absolute atomic E-state index is 13.7. The number of nitrogens with one attached hydrogen (secondary N) is 1. The topological polar surface area (TPSA) is 58.6 Å². The van der Waals surface area contributed by atoms with Crippen LogP contribution in [0.3, 0.4) is 0 Å². The summed E-state index contributed by atoms with van der Waals surface area (Å²) in [4.78, 5) is 28.9. The maximum Gasteiger partial charge on any atom is 0.247 e. The van der Waals surface area contributed by atoms with E-state index in [0.717, 1.165) is 28.9 Å². The summed E-state index contributed by atoms with van der Waals surface area (Å²) in [6.07, 6.45) is 1.83. The van der Waals surface area contributed by atoms with Crippen molar-refractivity contribution in [1.82, 2.24) is 10.2 Å². The molecule has 0 aliphatic heterocycles. The lowest BCUT2D eigenvalue weighted by Crippen LogP contribution is -2.43. The quantitative estimate of drug-likeness (QED) is 0.375. The molecule has 2 amide bonds. The van der Waals surface area contributed by atoms with Gasteiger partial charge in [0.05, 0.1) is 7.11 Å². The van der Waals surface area contributed by atoms with Gasteiger partial charge in [-0.15, -0.1) is 0 Å². The maximum atomic E-state index is 13.7. The summed E-state index contributed by atoms with van der Waals surface area (Å²) < 4.78 is 5.28. The largest absolute Gasteiger partial charge is 0.497 e. The van der Waals surface area contributed by atoms with Gasteiger partial charge in [-0.25, -0.2) is 0 Å². The Morgan fingerprint density at radius 1 is 0.857 bits per heavy atom. The summed E-state index contributed by atoms with van der Waals surface area (Å²) in [6, 6.07) is 26.4. The van der Waals surface area contributed by atoms with Gasteiger partial charge in [0, 0.05) is 19.5 Å². The number of nitrogens with zero attached hydrogens (tertiary/aromatic N) is 1. The molecule has 0 bridgehead atoms. The molecule has 0 heterocycles. The Morgan fingerprint density at radius 2 is 1.49 bits per heavy atom. The normalized spacial score (nSPS) is 11.7.